The molecule has 0 atom stereocenters. The number of benzene rings is 2. The summed E-state index contributed by atoms with van der Waals surface area (Å²) in [6.07, 6.45) is 0. The van der Waals surface area contributed by atoms with Crippen LogP contribution in [0.4, 0.5) is 0 Å². The zero-order valence-electron chi connectivity index (χ0n) is 10.6. The van der Waals surface area contributed by atoms with E-state index >= 15 is 0 Å². The van der Waals surface area contributed by atoms with E-state index in [1.165, 1.54) is 0 Å². The predicted octanol–water partition coefficient (Wildman–Crippen LogP) is 3.94. The first-order valence-corrected chi connectivity index (χ1v) is 5.40. The maximum Gasteiger partial charge on any atom is 3.00 e. The fraction of sp³-hybridized carbons (Fsp3) is 0.0625. The van der Waals surface area contributed by atoms with Gasteiger partial charge in [-0.3, -0.25) is 0 Å². The SMILES string of the molecule is [CH2-]c1ccccc1.[CH2-]c1ccccc1C(C)=O.[Y+3]. The first-order chi connectivity index (χ1) is 8.11. The molecule has 0 heterocycles. The van der Waals surface area contributed by atoms with Gasteiger partial charge in [0.25, 0.3) is 0 Å². The second-order valence-corrected chi connectivity index (χ2v) is 3.70. The van der Waals surface area contributed by atoms with E-state index in [9.17, 15) is 4.79 Å². The van der Waals surface area contributed by atoms with Gasteiger partial charge in [-0.1, -0.05) is 17.7 Å². The van der Waals surface area contributed by atoms with Crippen molar-refractivity contribution in [3.8, 4) is 0 Å². The third kappa shape index (κ3) is 6.04. The average Bonchev–Trinajstić information content (AvgIpc) is 2.31. The monoisotopic (exact) mass is 313 g/mol. The smallest absolute Gasteiger partial charge is 0.309 e. The van der Waals surface area contributed by atoms with E-state index in [-0.39, 0.29) is 38.5 Å². The van der Waals surface area contributed by atoms with Crippen LogP contribution >= 0.6 is 0 Å². The molecule has 2 rings (SSSR count). The molecule has 0 saturated carbocycles. The Morgan fingerprint density at radius 3 is 1.72 bits per heavy atom. The number of carbonyl (C=O) groups is 1. The van der Waals surface area contributed by atoms with Crippen LogP contribution in [0.2, 0.25) is 0 Å². The third-order valence-corrected chi connectivity index (χ3v) is 2.24. The topological polar surface area (TPSA) is 17.1 Å². The summed E-state index contributed by atoms with van der Waals surface area (Å²) >= 11 is 0. The van der Waals surface area contributed by atoms with Gasteiger partial charge in [0, 0.05) is 0 Å². The van der Waals surface area contributed by atoms with Crippen LogP contribution in [-0.4, -0.2) is 5.78 Å². The molecule has 0 aliphatic carbocycles. The summed E-state index contributed by atoms with van der Waals surface area (Å²) in [6.45, 7) is 8.99. The molecule has 1 nitrogen and oxygen atoms in total. The fourth-order valence-corrected chi connectivity index (χ4v) is 1.34. The van der Waals surface area contributed by atoms with Gasteiger partial charge in [0.05, 0.1) is 0 Å². The summed E-state index contributed by atoms with van der Waals surface area (Å²) in [6, 6.07) is 17.2. The summed E-state index contributed by atoms with van der Waals surface area (Å²) in [5.74, 6) is 0.0746. The van der Waals surface area contributed by atoms with Crippen molar-refractivity contribution in [1.29, 1.82) is 0 Å². The Morgan fingerprint density at radius 1 is 0.889 bits per heavy atom. The van der Waals surface area contributed by atoms with Crippen LogP contribution < -0.4 is 0 Å². The molecule has 0 saturated heterocycles. The minimum Gasteiger partial charge on any atom is -0.309 e. The molecule has 0 fully saturated rings. The zero-order chi connectivity index (χ0) is 12.7. The van der Waals surface area contributed by atoms with Gasteiger partial charge in [-0.25, -0.2) is 0 Å². The van der Waals surface area contributed by atoms with Crippen molar-refractivity contribution >= 4 is 5.78 Å². The predicted molar refractivity (Wildman–Crippen MR) is 71.8 cm³/mol. The molecule has 18 heavy (non-hydrogen) atoms. The third-order valence-electron chi connectivity index (χ3n) is 2.24. The van der Waals surface area contributed by atoms with E-state index in [1.54, 1.807) is 13.0 Å². The van der Waals surface area contributed by atoms with Gasteiger partial charge in [0.15, 0.2) is 0 Å². The van der Waals surface area contributed by atoms with E-state index in [0.29, 0.717) is 5.56 Å². The number of ketones is 1. The van der Waals surface area contributed by atoms with Crippen LogP contribution in [0.5, 0.6) is 0 Å². The number of hydrogen-bond donors (Lipinski definition) is 0. The minimum atomic E-state index is 0. The summed E-state index contributed by atoms with van der Waals surface area (Å²) in [5.41, 5.74) is 2.58. The van der Waals surface area contributed by atoms with Crippen LogP contribution in [0.25, 0.3) is 0 Å². The van der Waals surface area contributed by atoms with Gasteiger partial charge < -0.3 is 4.79 Å². The molecule has 0 N–H and O–H groups in total. The van der Waals surface area contributed by atoms with Crippen LogP contribution in [-0.2, 0) is 32.7 Å². The molecule has 0 bridgehead atoms. The minimum absolute atomic E-state index is 0. The molecular weight excluding hydrogens is 297 g/mol. The molecule has 0 aliphatic rings. The van der Waals surface area contributed by atoms with Crippen molar-refractivity contribution in [2.75, 3.05) is 0 Å². The van der Waals surface area contributed by atoms with Crippen molar-refractivity contribution in [3.05, 3.63) is 85.1 Å². The van der Waals surface area contributed by atoms with Crippen LogP contribution in [0.15, 0.2) is 54.6 Å². The van der Waals surface area contributed by atoms with Crippen LogP contribution in [0, 0.1) is 13.8 Å². The quantitative estimate of drug-likeness (QED) is 0.576. The summed E-state index contributed by atoms with van der Waals surface area (Å²) in [4.78, 5) is 10.8. The van der Waals surface area contributed by atoms with Gasteiger partial charge >= 0.3 is 32.7 Å². The first-order valence-electron chi connectivity index (χ1n) is 5.40. The molecule has 2 aromatic rings. The Balaban J connectivity index is 0.000000321. The van der Waals surface area contributed by atoms with E-state index in [4.69, 9.17) is 0 Å². The fourth-order valence-electron chi connectivity index (χ4n) is 1.34. The number of Topliss-reactive ketones (excluding diaryl/α,β-unsaturated/α-hetero) is 1. The molecule has 0 amide bonds. The van der Waals surface area contributed by atoms with Crippen molar-refractivity contribution < 1.29 is 37.5 Å². The average molecular weight is 313 g/mol. The summed E-state index contributed by atoms with van der Waals surface area (Å²) < 4.78 is 0. The van der Waals surface area contributed by atoms with E-state index < -0.39 is 0 Å². The molecule has 0 unspecified atom stereocenters. The van der Waals surface area contributed by atoms with Gasteiger partial charge in [-0.05, 0) is 6.92 Å². The molecule has 0 aromatic heterocycles. The molecule has 2 aromatic carbocycles. The Bertz CT molecular complexity index is 477. The Kier molecular flexibility index (Phi) is 8.44. The standard InChI is InChI=1S/C9H9O.C7H7.Y/c1-7-5-3-4-6-9(7)8(2)10;1-7-5-3-2-4-6-7;/h3-6H,1H2,2H3;2-6H,1H2;/q2*-1;+3. The summed E-state index contributed by atoms with van der Waals surface area (Å²) in [5, 5.41) is 0. The Labute approximate surface area is 134 Å². The Morgan fingerprint density at radius 2 is 1.39 bits per heavy atom. The maximum atomic E-state index is 10.8. The first kappa shape index (κ1) is 17.0. The Hall–Kier alpha value is -1.05. The maximum absolute atomic E-state index is 10.8. The van der Waals surface area contributed by atoms with Crippen molar-refractivity contribution in [2.45, 2.75) is 6.92 Å². The second kappa shape index (κ2) is 8.96. The molecule has 88 valence electrons. The van der Waals surface area contributed by atoms with Crippen LogP contribution in [0.3, 0.4) is 0 Å². The van der Waals surface area contributed by atoms with E-state index in [1.807, 2.05) is 48.5 Å². The van der Waals surface area contributed by atoms with Gasteiger partial charge in [-0.15, -0.1) is 24.3 Å². The molecule has 0 spiro atoms. The van der Waals surface area contributed by atoms with Gasteiger partial charge in [-0.2, -0.15) is 43.2 Å². The normalized spacial score (nSPS) is 8.50. The number of carbonyl (C=O) groups excluding carboxylic acids is 1. The number of hydrogen-bond acceptors (Lipinski definition) is 1. The van der Waals surface area contributed by atoms with Crippen molar-refractivity contribution in [3.63, 3.8) is 0 Å². The molecule has 2 heteroatoms. The number of rotatable bonds is 1. The van der Waals surface area contributed by atoms with Crippen molar-refractivity contribution in [1.82, 2.24) is 0 Å². The van der Waals surface area contributed by atoms with Gasteiger partial charge in [0.1, 0.15) is 5.78 Å². The largest absolute Gasteiger partial charge is 3.00 e. The second-order valence-electron chi connectivity index (χ2n) is 3.70. The molecule has 0 radical (unpaired) electrons. The van der Waals surface area contributed by atoms with Gasteiger partial charge in [0.2, 0.25) is 0 Å². The summed E-state index contributed by atoms with van der Waals surface area (Å²) in [7, 11) is 0. The van der Waals surface area contributed by atoms with Crippen molar-refractivity contribution in [2.24, 2.45) is 0 Å². The van der Waals surface area contributed by atoms with E-state index in [2.05, 4.69) is 13.8 Å². The van der Waals surface area contributed by atoms with E-state index in [0.717, 1.165) is 11.1 Å². The molecule has 0 aliphatic heterocycles. The molecular formula is C16H16OY+. The zero-order valence-corrected chi connectivity index (χ0v) is 13.4. The van der Waals surface area contributed by atoms with Crippen LogP contribution in [0.1, 0.15) is 28.4 Å².